The standard InChI is InChI=1S/C18H14Cl2O3/c1-10-11(2)18(21)23-17-8-12(6-7-13(10)17)22-9-14-15(19)4-3-5-16(14)20/h3-8H,9H2,1-2H3. The molecule has 0 aliphatic rings. The zero-order chi connectivity index (χ0) is 16.6. The summed E-state index contributed by atoms with van der Waals surface area (Å²) in [6, 6.07) is 10.7. The number of fused-ring (bicyclic) bond motifs is 1. The van der Waals surface area contributed by atoms with Gasteiger partial charge in [0, 0.05) is 32.6 Å². The number of benzene rings is 2. The van der Waals surface area contributed by atoms with E-state index < -0.39 is 0 Å². The maximum absolute atomic E-state index is 11.8. The van der Waals surface area contributed by atoms with Crippen molar-refractivity contribution in [3.05, 3.63) is 73.6 Å². The van der Waals surface area contributed by atoms with E-state index >= 15 is 0 Å². The topological polar surface area (TPSA) is 39.4 Å². The third-order valence-electron chi connectivity index (χ3n) is 3.87. The van der Waals surface area contributed by atoms with E-state index in [1.54, 1.807) is 31.2 Å². The fourth-order valence-corrected chi connectivity index (χ4v) is 2.85. The van der Waals surface area contributed by atoms with Gasteiger partial charge in [0.1, 0.15) is 17.9 Å². The molecule has 0 bridgehead atoms. The van der Waals surface area contributed by atoms with E-state index in [-0.39, 0.29) is 12.2 Å². The predicted octanol–water partition coefficient (Wildman–Crippen LogP) is 5.30. The van der Waals surface area contributed by atoms with E-state index in [0.717, 1.165) is 16.5 Å². The minimum absolute atomic E-state index is 0.235. The van der Waals surface area contributed by atoms with Crippen molar-refractivity contribution in [3.8, 4) is 5.75 Å². The second-order valence-corrected chi connectivity index (χ2v) is 6.10. The Morgan fingerprint density at radius 1 is 1.04 bits per heavy atom. The third kappa shape index (κ3) is 3.07. The lowest BCUT2D eigenvalue weighted by molar-refractivity contribution is 0.306. The first-order valence-electron chi connectivity index (χ1n) is 7.07. The highest BCUT2D eigenvalue weighted by Gasteiger charge is 2.10. The molecular formula is C18H14Cl2O3. The molecule has 1 aromatic heterocycles. The zero-order valence-corrected chi connectivity index (χ0v) is 14.2. The third-order valence-corrected chi connectivity index (χ3v) is 4.58. The van der Waals surface area contributed by atoms with Crippen molar-refractivity contribution in [1.82, 2.24) is 0 Å². The molecule has 3 rings (SSSR count). The number of rotatable bonds is 3. The molecule has 0 atom stereocenters. The average Bonchev–Trinajstić information content (AvgIpc) is 2.52. The SMILES string of the molecule is Cc1c(C)c2ccc(OCc3c(Cl)cccc3Cl)cc2oc1=O. The van der Waals surface area contributed by atoms with Gasteiger partial charge in [0.25, 0.3) is 0 Å². The maximum Gasteiger partial charge on any atom is 0.339 e. The Morgan fingerprint density at radius 3 is 2.43 bits per heavy atom. The summed E-state index contributed by atoms with van der Waals surface area (Å²) in [5.41, 5.74) is 2.42. The van der Waals surface area contributed by atoms with E-state index in [0.29, 0.717) is 26.9 Å². The van der Waals surface area contributed by atoms with Crippen LogP contribution in [0.15, 0.2) is 45.6 Å². The normalized spacial score (nSPS) is 11.0. The first-order chi connectivity index (χ1) is 11.0. The zero-order valence-electron chi connectivity index (χ0n) is 12.7. The fourth-order valence-electron chi connectivity index (χ4n) is 2.34. The van der Waals surface area contributed by atoms with Crippen LogP contribution in [-0.4, -0.2) is 0 Å². The lowest BCUT2D eigenvalue weighted by atomic mass is 10.1. The van der Waals surface area contributed by atoms with Gasteiger partial charge in [0.15, 0.2) is 0 Å². The summed E-state index contributed by atoms with van der Waals surface area (Å²) in [7, 11) is 0. The summed E-state index contributed by atoms with van der Waals surface area (Å²) in [4.78, 5) is 11.8. The number of hydrogen-bond donors (Lipinski definition) is 0. The largest absolute Gasteiger partial charge is 0.489 e. The number of ether oxygens (including phenoxy) is 1. The van der Waals surface area contributed by atoms with Crippen molar-refractivity contribution in [2.24, 2.45) is 0 Å². The Kier molecular flexibility index (Phi) is 4.33. The average molecular weight is 349 g/mol. The Balaban J connectivity index is 1.93. The van der Waals surface area contributed by atoms with Crippen molar-refractivity contribution in [2.75, 3.05) is 0 Å². The lowest BCUT2D eigenvalue weighted by Crippen LogP contribution is -2.05. The molecular weight excluding hydrogens is 335 g/mol. The van der Waals surface area contributed by atoms with E-state index in [1.807, 2.05) is 19.1 Å². The second-order valence-electron chi connectivity index (χ2n) is 5.29. The van der Waals surface area contributed by atoms with Gasteiger partial charge in [-0.15, -0.1) is 0 Å². The van der Waals surface area contributed by atoms with Gasteiger partial charge < -0.3 is 9.15 Å². The van der Waals surface area contributed by atoms with E-state index in [2.05, 4.69) is 0 Å². The monoisotopic (exact) mass is 348 g/mol. The van der Waals surface area contributed by atoms with E-state index in [1.165, 1.54) is 0 Å². The minimum atomic E-state index is -0.332. The van der Waals surface area contributed by atoms with Gasteiger partial charge in [-0.1, -0.05) is 29.3 Å². The van der Waals surface area contributed by atoms with Crippen LogP contribution in [0.1, 0.15) is 16.7 Å². The number of hydrogen-bond acceptors (Lipinski definition) is 3. The van der Waals surface area contributed by atoms with Gasteiger partial charge >= 0.3 is 5.63 Å². The summed E-state index contributed by atoms with van der Waals surface area (Å²) < 4.78 is 11.1. The van der Waals surface area contributed by atoms with Crippen LogP contribution in [0.25, 0.3) is 11.0 Å². The van der Waals surface area contributed by atoms with Gasteiger partial charge in [0.2, 0.25) is 0 Å². The fraction of sp³-hybridized carbons (Fsp3) is 0.167. The van der Waals surface area contributed by atoms with Crippen LogP contribution in [0.2, 0.25) is 10.0 Å². The highest BCUT2D eigenvalue weighted by Crippen LogP contribution is 2.28. The van der Waals surface area contributed by atoms with Crippen LogP contribution >= 0.6 is 23.2 Å². The lowest BCUT2D eigenvalue weighted by Gasteiger charge is -2.10. The molecule has 23 heavy (non-hydrogen) atoms. The minimum Gasteiger partial charge on any atom is -0.489 e. The van der Waals surface area contributed by atoms with Gasteiger partial charge in [0.05, 0.1) is 0 Å². The number of halogens is 2. The Bertz CT molecular complexity index is 925. The summed E-state index contributed by atoms with van der Waals surface area (Å²) in [5, 5.41) is 2.00. The van der Waals surface area contributed by atoms with Crippen LogP contribution in [-0.2, 0) is 6.61 Å². The summed E-state index contributed by atoms with van der Waals surface area (Å²) in [6.45, 7) is 3.89. The molecule has 0 unspecified atom stereocenters. The molecule has 2 aromatic carbocycles. The van der Waals surface area contributed by atoms with Crippen molar-refractivity contribution >= 4 is 34.2 Å². The van der Waals surface area contributed by atoms with Crippen molar-refractivity contribution < 1.29 is 9.15 Å². The molecule has 0 spiro atoms. The van der Waals surface area contributed by atoms with Crippen molar-refractivity contribution in [2.45, 2.75) is 20.5 Å². The first-order valence-corrected chi connectivity index (χ1v) is 7.82. The molecule has 0 saturated carbocycles. The summed E-state index contributed by atoms with van der Waals surface area (Å²) in [6.07, 6.45) is 0. The van der Waals surface area contributed by atoms with Gasteiger partial charge in [-0.3, -0.25) is 0 Å². The van der Waals surface area contributed by atoms with Crippen LogP contribution in [0.4, 0.5) is 0 Å². The smallest absolute Gasteiger partial charge is 0.339 e. The molecule has 0 radical (unpaired) electrons. The maximum atomic E-state index is 11.8. The van der Waals surface area contributed by atoms with Crippen LogP contribution in [0.3, 0.4) is 0 Å². The molecule has 0 aliphatic carbocycles. The summed E-state index contributed by atoms with van der Waals surface area (Å²) in [5.74, 6) is 0.583. The quantitative estimate of drug-likeness (QED) is 0.603. The first kappa shape index (κ1) is 15.9. The van der Waals surface area contributed by atoms with Crippen molar-refractivity contribution in [1.29, 1.82) is 0 Å². The Labute approximate surface area is 143 Å². The molecule has 0 saturated heterocycles. The van der Waals surface area contributed by atoms with Crippen LogP contribution in [0, 0.1) is 13.8 Å². The summed E-state index contributed by atoms with van der Waals surface area (Å²) >= 11 is 12.3. The molecule has 5 heteroatoms. The highest BCUT2D eigenvalue weighted by atomic mass is 35.5. The second kappa shape index (κ2) is 6.26. The molecule has 0 fully saturated rings. The highest BCUT2D eigenvalue weighted by molar-refractivity contribution is 6.35. The molecule has 3 nitrogen and oxygen atoms in total. The van der Waals surface area contributed by atoms with E-state index in [4.69, 9.17) is 32.4 Å². The molecule has 3 aromatic rings. The van der Waals surface area contributed by atoms with Gasteiger partial charge in [-0.2, -0.15) is 0 Å². The predicted molar refractivity (Wildman–Crippen MR) is 92.8 cm³/mol. The molecule has 0 N–H and O–H groups in total. The van der Waals surface area contributed by atoms with Gasteiger partial charge in [-0.05, 0) is 43.7 Å². The van der Waals surface area contributed by atoms with Crippen LogP contribution < -0.4 is 10.4 Å². The Hall–Kier alpha value is -1.97. The molecule has 0 amide bonds. The van der Waals surface area contributed by atoms with Crippen molar-refractivity contribution in [3.63, 3.8) is 0 Å². The van der Waals surface area contributed by atoms with Gasteiger partial charge in [-0.25, -0.2) is 4.79 Å². The molecule has 118 valence electrons. The molecule has 1 heterocycles. The van der Waals surface area contributed by atoms with Crippen LogP contribution in [0.5, 0.6) is 5.75 Å². The molecule has 0 aliphatic heterocycles. The Morgan fingerprint density at radius 2 is 1.74 bits per heavy atom. The number of aryl methyl sites for hydroxylation is 1. The van der Waals surface area contributed by atoms with E-state index in [9.17, 15) is 4.79 Å².